The van der Waals surface area contributed by atoms with Crippen molar-refractivity contribution in [1.29, 1.82) is 0 Å². The number of halogens is 2. The maximum atomic E-state index is 15.0. The van der Waals surface area contributed by atoms with Crippen LogP contribution in [0.2, 0.25) is 0 Å². The largest absolute Gasteiger partial charge is 0.452 e. The van der Waals surface area contributed by atoms with Crippen molar-refractivity contribution >= 4 is 34.1 Å². The molecule has 0 unspecified atom stereocenters. The molecule has 6 nitrogen and oxygen atoms in total. The number of carbonyl (C=O) groups excluding carboxylic acids is 1. The summed E-state index contributed by atoms with van der Waals surface area (Å²) in [5.41, 5.74) is 8.45. The summed E-state index contributed by atoms with van der Waals surface area (Å²) in [6.07, 6.45) is 5.60. The lowest BCUT2D eigenvalue weighted by Gasteiger charge is -2.30. The van der Waals surface area contributed by atoms with Crippen LogP contribution in [-0.4, -0.2) is 53.6 Å². The Kier molecular flexibility index (Phi) is 8.55. The second-order valence-electron chi connectivity index (χ2n) is 10.7. The third-order valence-corrected chi connectivity index (χ3v) is 7.69. The summed E-state index contributed by atoms with van der Waals surface area (Å²) in [6, 6.07) is 5.60. The number of furan rings is 1. The Hall–Kier alpha value is -2.90. The predicted octanol–water partition coefficient (Wildman–Crippen LogP) is 6.64. The molecule has 0 radical (unpaired) electrons. The molecule has 1 amide bonds. The Bertz CT molecular complexity index is 1140. The van der Waals surface area contributed by atoms with E-state index in [2.05, 4.69) is 23.4 Å². The van der Waals surface area contributed by atoms with Crippen molar-refractivity contribution in [2.24, 2.45) is 16.6 Å². The first-order chi connectivity index (χ1) is 17.7. The van der Waals surface area contributed by atoms with Gasteiger partial charge in [-0.15, -0.1) is 0 Å². The number of aryl methyl sites for hydroxylation is 1. The molecule has 2 aliphatic rings. The normalized spacial score (nSPS) is 17.7. The van der Waals surface area contributed by atoms with Gasteiger partial charge < -0.3 is 20.0 Å². The van der Waals surface area contributed by atoms with Gasteiger partial charge in [0.05, 0.1) is 5.70 Å². The second-order valence-corrected chi connectivity index (χ2v) is 10.7. The van der Waals surface area contributed by atoms with E-state index in [9.17, 15) is 4.79 Å². The fourth-order valence-corrected chi connectivity index (χ4v) is 5.17. The van der Waals surface area contributed by atoms with Gasteiger partial charge in [-0.3, -0.25) is 4.79 Å². The summed E-state index contributed by atoms with van der Waals surface area (Å²) in [5.74, 6) is -2.78. The minimum Gasteiger partial charge on any atom is -0.452 e. The maximum Gasteiger partial charge on any atom is 0.304 e. The molecule has 37 heavy (non-hydrogen) atoms. The fraction of sp³-hybridized carbons (Fsp3) is 0.586. The van der Waals surface area contributed by atoms with Gasteiger partial charge in [0, 0.05) is 44.4 Å². The summed E-state index contributed by atoms with van der Waals surface area (Å²) in [7, 11) is 0. The van der Waals surface area contributed by atoms with Gasteiger partial charge >= 0.3 is 5.92 Å². The van der Waals surface area contributed by atoms with Gasteiger partial charge in [0.2, 0.25) is 5.91 Å². The van der Waals surface area contributed by atoms with E-state index in [0.29, 0.717) is 53.3 Å². The van der Waals surface area contributed by atoms with Crippen LogP contribution in [0.4, 0.5) is 14.5 Å². The molecule has 2 fully saturated rings. The number of benzene rings is 1. The third-order valence-electron chi connectivity index (χ3n) is 7.69. The fourth-order valence-electron chi connectivity index (χ4n) is 5.17. The number of amides is 1. The average molecular weight is 515 g/mol. The molecule has 202 valence electrons. The first-order valence-corrected chi connectivity index (χ1v) is 13.6. The molecule has 0 bridgehead atoms. The Morgan fingerprint density at radius 2 is 1.84 bits per heavy atom. The number of unbranched alkanes of at least 4 members (excludes halogenated alkanes) is 2. The molecule has 2 aromatic rings. The van der Waals surface area contributed by atoms with Crippen LogP contribution in [0.15, 0.2) is 34.2 Å². The summed E-state index contributed by atoms with van der Waals surface area (Å²) in [5, 5.41) is 0.644. The first kappa shape index (κ1) is 27.1. The molecule has 1 aromatic heterocycles. The zero-order valence-electron chi connectivity index (χ0n) is 22.2. The molecular formula is C29H40F2N4O2. The SMILES string of the molecule is C=C(c1oc2cc(C)ccc2c1N=C(N)C(F)(F)CCCCCC(=O)N1CCC(C)CC1)N1CCCC1. The van der Waals surface area contributed by atoms with E-state index in [1.807, 2.05) is 30.0 Å². The van der Waals surface area contributed by atoms with E-state index in [4.69, 9.17) is 10.2 Å². The minimum absolute atomic E-state index is 0.132. The van der Waals surface area contributed by atoms with Crippen molar-refractivity contribution in [3.63, 3.8) is 0 Å². The number of likely N-dealkylation sites (tertiary alicyclic amines) is 2. The van der Waals surface area contributed by atoms with Crippen LogP contribution >= 0.6 is 0 Å². The van der Waals surface area contributed by atoms with Crippen LogP contribution in [-0.2, 0) is 4.79 Å². The van der Waals surface area contributed by atoms with Gasteiger partial charge in [-0.05, 0) is 69.1 Å². The lowest BCUT2D eigenvalue weighted by atomic mass is 9.99. The second kappa shape index (κ2) is 11.7. The number of nitrogens with two attached hydrogens (primary N) is 1. The lowest BCUT2D eigenvalue weighted by molar-refractivity contribution is -0.132. The van der Waals surface area contributed by atoms with Gasteiger partial charge in [0.25, 0.3) is 0 Å². The Morgan fingerprint density at radius 1 is 1.14 bits per heavy atom. The zero-order chi connectivity index (χ0) is 26.6. The smallest absolute Gasteiger partial charge is 0.304 e. The van der Waals surface area contributed by atoms with Crippen molar-refractivity contribution in [1.82, 2.24) is 9.80 Å². The Balaban J connectivity index is 1.39. The highest BCUT2D eigenvalue weighted by molar-refractivity contribution is 6.00. The van der Waals surface area contributed by atoms with Crippen molar-refractivity contribution in [3.8, 4) is 0 Å². The highest BCUT2D eigenvalue weighted by Gasteiger charge is 2.34. The Labute approximate surface area is 218 Å². The number of carbonyl (C=O) groups is 1. The van der Waals surface area contributed by atoms with E-state index >= 15 is 8.78 Å². The van der Waals surface area contributed by atoms with Crippen LogP contribution in [0.25, 0.3) is 16.7 Å². The lowest BCUT2D eigenvalue weighted by Crippen LogP contribution is -2.37. The van der Waals surface area contributed by atoms with Gasteiger partial charge in [-0.1, -0.05) is 26.0 Å². The van der Waals surface area contributed by atoms with Crippen molar-refractivity contribution in [3.05, 3.63) is 36.1 Å². The third kappa shape index (κ3) is 6.51. The molecule has 2 aliphatic heterocycles. The number of hydrogen-bond acceptors (Lipinski definition) is 4. The molecule has 0 atom stereocenters. The van der Waals surface area contributed by atoms with Crippen LogP contribution in [0.3, 0.4) is 0 Å². The van der Waals surface area contributed by atoms with Crippen LogP contribution in [0.5, 0.6) is 0 Å². The van der Waals surface area contributed by atoms with E-state index in [1.54, 1.807) is 0 Å². The van der Waals surface area contributed by atoms with Gasteiger partial charge in [-0.25, -0.2) is 4.99 Å². The number of fused-ring (bicyclic) bond motifs is 1. The summed E-state index contributed by atoms with van der Waals surface area (Å²) in [4.78, 5) is 20.6. The number of rotatable bonds is 10. The maximum absolute atomic E-state index is 15.0. The predicted molar refractivity (Wildman–Crippen MR) is 145 cm³/mol. The molecule has 0 saturated carbocycles. The quantitative estimate of drug-likeness (QED) is 0.219. The van der Waals surface area contributed by atoms with Crippen molar-refractivity contribution in [2.75, 3.05) is 26.2 Å². The minimum atomic E-state index is -3.26. The highest BCUT2D eigenvalue weighted by Crippen LogP contribution is 2.40. The van der Waals surface area contributed by atoms with Crippen LogP contribution < -0.4 is 5.73 Å². The van der Waals surface area contributed by atoms with E-state index in [0.717, 1.165) is 57.4 Å². The summed E-state index contributed by atoms with van der Waals surface area (Å²) >= 11 is 0. The molecule has 4 rings (SSSR count). The first-order valence-electron chi connectivity index (χ1n) is 13.6. The number of nitrogens with zero attached hydrogens (tertiary/aromatic N) is 3. The number of piperidine rings is 1. The standard InChI is InChI=1S/C29H40F2N4O2/c1-20-12-17-35(18-13-20)25(36)9-5-4-6-14-29(30,31)28(32)33-26-23-11-10-21(2)19-24(23)37-27(26)22(3)34-15-7-8-16-34/h10-11,19-20H,3-9,12-18H2,1-2H3,(H2,32,33). The van der Waals surface area contributed by atoms with E-state index < -0.39 is 18.2 Å². The molecule has 2 N–H and O–H groups in total. The molecule has 3 heterocycles. The van der Waals surface area contributed by atoms with Crippen molar-refractivity contribution < 1.29 is 18.0 Å². The number of aliphatic imine (C=N–C) groups is 1. The highest BCUT2D eigenvalue weighted by atomic mass is 19.3. The van der Waals surface area contributed by atoms with Gasteiger partial charge in [0.15, 0.2) is 11.6 Å². The molecular weight excluding hydrogens is 474 g/mol. The monoisotopic (exact) mass is 514 g/mol. The molecule has 2 saturated heterocycles. The van der Waals surface area contributed by atoms with Gasteiger partial charge in [0.1, 0.15) is 11.3 Å². The molecule has 8 heteroatoms. The zero-order valence-corrected chi connectivity index (χ0v) is 22.2. The van der Waals surface area contributed by atoms with Crippen LogP contribution in [0.1, 0.15) is 76.0 Å². The molecule has 0 spiro atoms. The number of alkyl halides is 2. The Morgan fingerprint density at radius 3 is 2.54 bits per heavy atom. The summed E-state index contributed by atoms with van der Waals surface area (Å²) < 4.78 is 36.1. The molecule has 1 aromatic carbocycles. The molecule has 0 aliphatic carbocycles. The van der Waals surface area contributed by atoms with E-state index in [1.165, 1.54) is 0 Å². The van der Waals surface area contributed by atoms with Crippen LogP contribution in [0, 0.1) is 12.8 Å². The van der Waals surface area contributed by atoms with Crippen molar-refractivity contribution in [2.45, 2.75) is 77.6 Å². The average Bonchev–Trinajstić information content (AvgIpc) is 3.52. The van der Waals surface area contributed by atoms with E-state index in [-0.39, 0.29) is 12.3 Å². The van der Waals surface area contributed by atoms with Gasteiger partial charge in [-0.2, -0.15) is 8.78 Å². The number of hydrogen-bond donors (Lipinski definition) is 1. The summed E-state index contributed by atoms with van der Waals surface area (Å²) in [6.45, 7) is 11.6. The number of amidine groups is 1. The topological polar surface area (TPSA) is 75.1 Å².